The van der Waals surface area contributed by atoms with E-state index in [-0.39, 0.29) is 18.4 Å². The molecule has 1 aromatic heterocycles. The number of rotatable bonds is 5. The molecule has 0 saturated carbocycles. The minimum Gasteiger partial charge on any atom is -0.389 e. The number of likely N-dealkylation sites (N-methyl/N-ethyl adjacent to an activating group) is 1. The highest BCUT2D eigenvalue weighted by atomic mass is 32.1. The van der Waals surface area contributed by atoms with Gasteiger partial charge in [-0.2, -0.15) is 0 Å². The number of amides is 2. The molecule has 0 spiro atoms. The van der Waals surface area contributed by atoms with Gasteiger partial charge in [0.05, 0.1) is 17.0 Å². The molecule has 0 bridgehead atoms. The maximum absolute atomic E-state index is 11.6. The molecule has 0 aliphatic carbocycles. The summed E-state index contributed by atoms with van der Waals surface area (Å²) in [5.74, 6) is -0.676. The standard InChI is InChI=1S/C12H19N3O3S/c1-12(2,18)8-15(3)7-10(16)13-14-11(17)9-5-4-6-19-9/h4-6,18H,7-8H2,1-3H3,(H,13,16)(H,14,17). The van der Waals surface area contributed by atoms with Crippen LogP contribution in [0, 0.1) is 0 Å². The minimum absolute atomic E-state index is 0.0920. The van der Waals surface area contributed by atoms with Gasteiger partial charge in [-0.15, -0.1) is 11.3 Å². The van der Waals surface area contributed by atoms with Gasteiger partial charge >= 0.3 is 0 Å². The summed E-state index contributed by atoms with van der Waals surface area (Å²) in [6.07, 6.45) is 0. The van der Waals surface area contributed by atoms with Gasteiger partial charge in [0.2, 0.25) is 0 Å². The van der Waals surface area contributed by atoms with E-state index in [1.807, 2.05) is 0 Å². The molecule has 0 unspecified atom stereocenters. The van der Waals surface area contributed by atoms with Crippen molar-refractivity contribution >= 4 is 23.2 Å². The molecule has 1 aromatic rings. The summed E-state index contributed by atoms with van der Waals surface area (Å²) in [6, 6.07) is 3.44. The Labute approximate surface area is 116 Å². The fourth-order valence-electron chi connectivity index (χ4n) is 1.60. The molecule has 19 heavy (non-hydrogen) atoms. The van der Waals surface area contributed by atoms with Gasteiger partial charge in [0.1, 0.15) is 0 Å². The van der Waals surface area contributed by atoms with Crippen LogP contribution in [0.4, 0.5) is 0 Å². The highest BCUT2D eigenvalue weighted by Gasteiger charge is 2.17. The SMILES string of the molecule is CN(CC(=O)NNC(=O)c1cccs1)CC(C)(C)O. The molecule has 0 fully saturated rings. The van der Waals surface area contributed by atoms with Gasteiger partial charge in [-0.3, -0.25) is 25.3 Å². The highest BCUT2D eigenvalue weighted by molar-refractivity contribution is 7.12. The molecule has 0 aliphatic rings. The zero-order valence-corrected chi connectivity index (χ0v) is 12.1. The Bertz CT molecular complexity index is 426. The fraction of sp³-hybridized carbons (Fsp3) is 0.500. The molecule has 0 aromatic carbocycles. The zero-order valence-electron chi connectivity index (χ0n) is 11.3. The van der Waals surface area contributed by atoms with Crippen LogP contribution in [0.25, 0.3) is 0 Å². The summed E-state index contributed by atoms with van der Waals surface area (Å²) >= 11 is 1.30. The van der Waals surface area contributed by atoms with E-state index in [1.165, 1.54) is 11.3 Å². The van der Waals surface area contributed by atoms with Gasteiger partial charge in [0.25, 0.3) is 11.8 Å². The molecular weight excluding hydrogens is 266 g/mol. The average molecular weight is 285 g/mol. The van der Waals surface area contributed by atoms with Crippen LogP contribution in [0.3, 0.4) is 0 Å². The van der Waals surface area contributed by atoms with Crippen LogP contribution in [0.1, 0.15) is 23.5 Å². The Hall–Kier alpha value is -1.44. The van der Waals surface area contributed by atoms with Crippen molar-refractivity contribution in [1.29, 1.82) is 0 Å². The first kappa shape index (κ1) is 15.6. The molecule has 0 saturated heterocycles. The number of nitrogens with zero attached hydrogens (tertiary/aromatic N) is 1. The summed E-state index contributed by atoms with van der Waals surface area (Å²) in [6.45, 7) is 3.79. The topological polar surface area (TPSA) is 81.7 Å². The number of hydrogen-bond acceptors (Lipinski definition) is 5. The molecule has 7 heteroatoms. The Balaban J connectivity index is 2.30. The monoisotopic (exact) mass is 285 g/mol. The predicted molar refractivity (Wildman–Crippen MR) is 73.7 cm³/mol. The second-order valence-corrected chi connectivity index (χ2v) is 5.91. The Morgan fingerprint density at radius 2 is 2.11 bits per heavy atom. The van der Waals surface area contributed by atoms with Crippen molar-refractivity contribution in [2.24, 2.45) is 0 Å². The normalized spacial score (nSPS) is 11.4. The maximum Gasteiger partial charge on any atom is 0.279 e. The van der Waals surface area contributed by atoms with Crippen LogP contribution in [-0.2, 0) is 4.79 Å². The summed E-state index contributed by atoms with van der Waals surface area (Å²) in [5, 5.41) is 11.4. The van der Waals surface area contributed by atoms with Crippen LogP contribution in [0.15, 0.2) is 17.5 Å². The predicted octanol–water partition coefficient (Wildman–Crippen LogP) is 0.212. The number of nitrogens with one attached hydrogen (secondary N) is 2. The first-order valence-electron chi connectivity index (χ1n) is 5.81. The second kappa shape index (κ2) is 6.65. The molecule has 1 heterocycles. The Morgan fingerprint density at radius 1 is 1.42 bits per heavy atom. The van der Waals surface area contributed by atoms with E-state index < -0.39 is 5.60 Å². The lowest BCUT2D eigenvalue weighted by atomic mass is 10.1. The smallest absolute Gasteiger partial charge is 0.279 e. The van der Waals surface area contributed by atoms with Crippen LogP contribution >= 0.6 is 11.3 Å². The van der Waals surface area contributed by atoms with Crippen molar-refractivity contribution in [2.45, 2.75) is 19.4 Å². The largest absolute Gasteiger partial charge is 0.389 e. The van der Waals surface area contributed by atoms with Gasteiger partial charge in [0.15, 0.2) is 0 Å². The van der Waals surface area contributed by atoms with Crippen molar-refractivity contribution in [3.8, 4) is 0 Å². The first-order chi connectivity index (χ1) is 8.78. The van der Waals surface area contributed by atoms with E-state index in [9.17, 15) is 14.7 Å². The van der Waals surface area contributed by atoms with Crippen LogP contribution in [0.2, 0.25) is 0 Å². The Morgan fingerprint density at radius 3 is 2.63 bits per heavy atom. The molecule has 1 rings (SSSR count). The van der Waals surface area contributed by atoms with Crippen LogP contribution in [-0.4, -0.2) is 47.6 Å². The maximum atomic E-state index is 11.6. The van der Waals surface area contributed by atoms with E-state index in [1.54, 1.807) is 43.3 Å². The van der Waals surface area contributed by atoms with Gasteiger partial charge < -0.3 is 5.11 Å². The Kier molecular flexibility index (Phi) is 5.46. The molecule has 106 valence electrons. The third-order valence-electron chi connectivity index (χ3n) is 2.13. The first-order valence-corrected chi connectivity index (χ1v) is 6.69. The summed E-state index contributed by atoms with van der Waals surface area (Å²) in [4.78, 5) is 25.3. The lowest BCUT2D eigenvalue weighted by molar-refractivity contribution is -0.123. The number of carbonyl (C=O) groups is 2. The lowest BCUT2D eigenvalue weighted by Crippen LogP contribution is -2.47. The third kappa shape index (κ3) is 6.32. The minimum atomic E-state index is -0.866. The van der Waals surface area contributed by atoms with Crippen LogP contribution < -0.4 is 10.9 Å². The van der Waals surface area contributed by atoms with Crippen molar-refractivity contribution in [2.75, 3.05) is 20.1 Å². The van der Waals surface area contributed by atoms with E-state index >= 15 is 0 Å². The highest BCUT2D eigenvalue weighted by Crippen LogP contribution is 2.07. The number of thiophene rings is 1. The molecule has 0 aliphatic heterocycles. The lowest BCUT2D eigenvalue weighted by Gasteiger charge is -2.24. The quantitative estimate of drug-likeness (QED) is 0.676. The van der Waals surface area contributed by atoms with Gasteiger partial charge in [-0.05, 0) is 32.3 Å². The van der Waals surface area contributed by atoms with Crippen molar-refractivity contribution in [1.82, 2.24) is 15.8 Å². The number of carbonyl (C=O) groups excluding carboxylic acids is 2. The molecule has 6 nitrogen and oxygen atoms in total. The average Bonchev–Trinajstić information content (AvgIpc) is 2.76. The molecular formula is C12H19N3O3S. The van der Waals surface area contributed by atoms with Crippen molar-refractivity contribution in [3.05, 3.63) is 22.4 Å². The summed E-state index contributed by atoms with van der Waals surface area (Å²) in [7, 11) is 1.72. The van der Waals surface area contributed by atoms with E-state index in [2.05, 4.69) is 10.9 Å². The van der Waals surface area contributed by atoms with Crippen molar-refractivity contribution in [3.63, 3.8) is 0 Å². The molecule has 0 atom stereocenters. The van der Waals surface area contributed by atoms with Gasteiger partial charge in [0, 0.05) is 6.54 Å². The molecule has 3 N–H and O–H groups in total. The fourth-order valence-corrected chi connectivity index (χ4v) is 2.22. The van der Waals surface area contributed by atoms with Crippen LogP contribution in [0.5, 0.6) is 0 Å². The van der Waals surface area contributed by atoms with Gasteiger partial charge in [-0.1, -0.05) is 6.07 Å². The van der Waals surface area contributed by atoms with E-state index in [4.69, 9.17) is 0 Å². The summed E-state index contributed by atoms with van der Waals surface area (Å²) in [5.41, 5.74) is 3.80. The van der Waals surface area contributed by atoms with Crippen molar-refractivity contribution < 1.29 is 14.7 Å². The number of aliphatic hydroxyl groups is 1. The number of hydrazine groups is 1. The van der Waals surface area contributed by atoms with Gasteiger partial charge in [-0.25, -0.2) is 0 Å². The summed E-state index contributed by atoms with van der Waals surface area (Å²) < 4.78 is 0. The molecule has 0 radical (unpaired) electrons. The van der Waals surface area contributed by atoms with E-state index in [0.717, 1.165) is 0 Å². The second-order valence-electron chi connectivity index (χ2n) is 4.96. The third-order valence-corrected chi connectivity index (χ3v) is 3.00. The van der Waals surface area contributed by atoms with E-state index in [0.29, 0.717) is 11.4 Å². The number of hydrogen-bond donors (Lipinski definition) is 3. The molecule has 2 amide bonds. The zero-order chi connectivity index (χ0) is 14.5.